The molecule has 1 unspecified atom stereocenters. The molecule has 0 aromatic carbocycles. The zero-order chi connectivity index (χ0) is 8.27. The first-order chi connectivity index (χ1) is 5.27. The van der Waals surface area contributed by atoms with Crippen LogP contribution in [-0.4, -0.2) is 18.3 Å². The van der Waals surface area contributed by atoms with E-state index in [1.165, 1.54) is 11.3 Å². The van der Waals surface area contributed by atoms with Gasteiger partial charge in [0.15, 0.2) is 11.3 Å². The topological polar surface area (TPSA) is 42.0 Å². The zero-order valence-electron chi connectivity index (χ0n) is 6.50. The van der Waals surface area contributed by atoms with Crippen molar-refractivity contribution in [2.75, 3.05) is 7.05 Å². The predicted molar refractivity (Wildman–Crippen MR) is 45.0 cm³/mol. The van der Waals surface area contributed by atoms with Crippen LogP contribution in [0.15, 0.2) is 5.38 Å². The van der Waals surface area contributed by atoms with Gasteiger partial charge in [-0.3, -0.25) is 4.79 Å². The van der Waals surface area contributed by atoms with Gasteiger partial charge in [-0.25, -0.2) is 4.98 Å². The minimum Gasteiger partial charge on any atom is -0.312 e. The number of rotatable bonds is 3. The lowest BCUT2D eigenvalue weighted by molar-refractivity contribution is 0.112. The molecule has 4 heteroatoms. The van der Waals surface area contributed by atoms with Crippen LogP contribution in [0.5, 0.6) is 0 Å². The Balaban J connectivity index is 2.79. The summed E-state index contributed by atoms with van der Waals surface area (Å²) in [4.78, 5) is 14.3. The van der Waals surface area contributed by atoms with E-state index in [2.05, 4.69) is 10.3 Å². The number of aldehydes is 1. The van der Waals surface area contributed by atoms with Gasteiger partial charge in [-0.15, -0.1) is 11.3 Å². The van der Waals surface area contributed by atoms with Gasteiger partial charge >= 0.3 is 0 Å². The second-order valence-electron chi connectivity index (χ2n) is 2.24. The zero-order valence-corrected chi connectivity index (χ0v) is 7.31. The first kappa shape index (κ1) is 8.36. The van der Waals surface area contributed by atoms with E-state index in [0.717, 1.165) is 12.0 Å². The Morgan fingerprint density at radius 3 is 3.00 bits per heavy atom. The SMILES string of the molecule is CNC(C)c1csc(C=O)n1. The van der Waals surface area contributed by atoms with Crippen LogP contribution in [-0.2, 0) is 0 Å². The van der Waals surface area contributed by atoms with Gasteiger partial charge < -0.3 is 5.32 Å². The van der Waals surface area contributed by atoms with Crippen LogP contribution in [0.2, 0.25) is 0 Å². The third kappa shape index (κ3) is 1.85. The molecule has 0 spiro atoms. The normalized spacial score (nSPS) is 12.9. The average Bonchev–Trinajstić information content (AvgIpc) is 2.50. The molecule has 1 atom stereocenters. The Kier molecular flexibility index (Phi) is 2.73. The summed E-state index contributed by atoms with van der Waals surface area (Å²) in [6.45, 7) is 2.00. The summed E-state index contributed by atoms with van der Waals surface area (Å²) in [5.41, 5.74) is 0.930. The molecule has 0 fully saturated rings. The number of carbonyl (C=O) groups is 1. The van der Waals surface area contributed by atoms with Crippen molar-refractivity contribution in [2.45, 2.75) is 13.0 Å². The van der Waals surface area contributed by atoms with Crippen molar-refractivity contribution in [1.29, 1.82) is 0 Å². The van der Waals surface area contributed by atoms with E-state index in [9.17, 15) is 4.79 Å². The highest BCUT2D eigenvalue weighted by Crippen LogP contribution is 2.14. The number of hydrogen-bond donors (Lipinski definition) is 1. The quantitative estimate of drug-likeness (QED) is 0.694. The lowest BCUT2D eigenvalue weighted by Crippen LogP contribution is -2.12. The highest BCUT2D eigenvalue weighted by Gasteiger charge is 2.06. The maximum Gasteiger partial charge on any atom is 0.178 e. The molecule has 3 nitrogen and oxygen atoms in total. The van der Waals surface area contributed by atoms with Crippen LogP contribution in [0, 0.1) is 0 Å². The monoisotopic (exact) mass is 170 g/mol. The number of aromatic nitrogens is 1. The molecule has 0 aliphatic rings. The molecule has 1 rings (SSSR count). The van der Waals surface area contributed by atoms with Gasteiger partial charge in [-0.1, -0.05) is 0 Å². The van der Waals surface area contributed by atoms with Crippen molar-refractivity contribution >= 4 is 17.6 Å². The van der Waals surface area contributed by atoms with Crippen molar-refractivity contribution in [3.05, 3.63) is 16.1 Å². The minimum atomic E-state index is 0.222. The van der Waals surface area contributed by atoms with Crippen molar-refractivity contribution in [2.24, 2.45) is 0 Å². The Morgan fingerprint density at radius 1 is 1.82 bits per heavy atom. The van der Waals surface area contributed by atoms with Crippen LogP contribution in [0.4, 0.5) is 0 Å². The number of nitrogens with one attached hydrogen (secondary N) is 1. The molecule has 60 valence electrons. The number of carbonyl (C=O) groups excluding carboxylic acids is 1. The molecule has 0 radical (unpaired) electrons. The molecule has 1 heterocycles. The van der Waals surface area contributed by atoms with Crippen molar-refractivity contribution in [1.82, 2.24) is 10.3 Å². The first-order valence-corrected chi connectivity index (χ1v) is 4.23. The van der Waals surface area contributed by atoms with E-state index in [-0.39, 0.29) is 6.04 Å². The minimum absolute atomic E-state index is 0.222. The van der Waals surface area contributed by atoms with Crippen molar-refractivity contribution in [3.63, 3.8) is 0 Å². The Morgan fingerprint density at radius 2 is 2.55 bits per heavy atom. The summed E-state index contributed by atoms with van der Waals surface area (Å²) in [6.07, 6.45) is 0.774. The molecule has 1 aromatic rings. The van der Waals surface area contributed by atoms with E-state index >= 15 is 0 Å². The maximum atomic E-state index is 10.3. The average molecular weight is 170 g/mol. The lowest BCUT2D eigenvalue weighted by atomic mass is 10.3. The third-order valence-electron chi connectivity index (χ3n) is 1.52. The molecule has 1 N–H and O–H groups in total. The van der Waals surface area contributed by atoms with E-state index in [4.69, 9.17) is 0 Å². The Hall–Kier alpha value is -0.740. The van der Waals surface area contributed by atoms with E-state index in [1.807, 2.05) is 19.4 Å². The summed E-state index contributed by atoms with van der Waals surface area (Å²) in [7, 11) is 1.87. The molecule has 0 amide bonds. The first-order valence-electron chi connectivity index (χ1n) is 3.35. The summed E-state index contributed by atoms with van der Waals surface area (Å²) in [5.74, 6) is 0. The molecule has 0 aliphatic heterocycles. The highest BCUT2D eigenvalue weighted by molar-refractivity contribution is 7.11. The Labute approximate surface area is 69.5 Å². The van der Waals surface area contributed by atoms with Gasteiger partial charge in [0.25, 0.3) is 0 Å². The largest absolute Gasteiger partial charge is 0.312 e. The second kappa shape index (κ2) is 3.59. The lowest BCUT2D eigenvalue weighted by Gasteiger charge is -2.04. The fraction of sp³-hybridized carbons (Fsp3) is 0.429. The fourth-order valence-electron chi connectivity index (χ4n) is 0.702. The highest BCUT2D eigenvalue weighted by atomic mass is 32.1. The number of nitrogens with zero attached hydrogens (tertiary/aromatic N) is 1. The summed E-state index contributed by atoms with van der Waals surface area (Å²) >= 11 is 1.37. The molecule has 0 bridgehead atoms. The molecule has 0 aliphatic carbocycles. The van der Waals surface area contributed by atoms with Gasteiger partial charge in [-0.05, 0) is 14.0 Å². The van der Waals surface area contributed by atoms with E-state index in [0.29, 0.717) is 5.01 Å². The fourth-order valence-corrected chi connectivity index (χ4v) is 1.41. The second-order valence-corrected chi connectivity index (χ2v) is 3.13. The maximum absolute atomic E-state index is 10.3. The molecule has 11 heavy (non-hydrogen) atoms. The Bertz CT molecular complexity index is 246. The van der Waals surface area contributed by atoms with Crippen LogP contribution >= 0.6 is 11.3 Å². The molecular weight excluding hydrogens is 160 g/mol. The van der Waals surface area contributed by atoms with Crippen molar-refractivity contribution < 1.29 is 4.79 Å². The standard InChI is InChI=1S/C7H10N2OS/c1-5(8-2)6-4-11-7(3-10)9-6/h3-5,8H,1-2H3. The number of hydrogen-bond acceptors (Lipinski definition) is 4. The van der Waals surface area contributed by atoms with E-state index < -0.39 is 0 Å². The van der Waals surface area contributed by atoms with Crippen LogP contribution in [0.3, 0.4) is 0 Å². The summed E-state index contributed by atoms with van der Waals surface area (Å²) < 4.78 is 0. The summed E-state index contributed by atoms with van der Waals surface area (Å²) in [6, 6.07) is 0.222. The van der Waals surface area contributed by atoms with Gasteiger partial charge in [0, 0.05) is 11.4 Å². The van der Waals surface area contributed by atoms with Crippen LogP contribution in [0.1, 0.15) is 28.5 Å². The molecular formula is C7H10N2OS. The molecule has 0 saturated carbocycles. The summed E-state index contributed by atoms with van der Waals surface area (Å²) in [5, 5.41) is 5.48. The third-order valence-corrected chi connectivity index (χ3v) is 2.31. The predicted octanol–water partition coefficient (Wildman–Crippen LogP) is 1.24. The van der Waals surface area contributed by atoms with Gasteiger partial charge in [0.1, 0.15) is 0 Å². The smallest absolute Gasteiger partial charge is 0.178 e. The van der Waals surface area contributed by atoms with Gasteiger partial charge in [0.05, 0.1) is 5.69 Å². The molecule has 1 aromatic heterocycles. The van der Waals surface area contributed by atoms with Crippen LogP contribution < -0.4 is 5.32 Å². The van der Waals surface area contributed by atoms with Crippen molar-refractivity contribution in [3.8, 4) is 0 Å². The number of thiazole rings is 1. The van der Waals surface area contributed by atoms with Gasteiger partial charge in [0.2, 0.25) is 0 Å². The van der Waals surface area contributed by atoms with Crippen LogP contribution in [0.25, 0.3) is 0 Å². The van der Waals surface area contributed by atoms with Gasteiger partial charge in [-0.2, -0.15) is 0 Å². The molecule has 0 saturated heterocycles. The van der Waals surface area contributed by atoms with E-state index in [1.54, 1.807) is 0 Å².